The molecule has 4 atom stereocenters. The Morgan fingerprint density at radius 2 is 2.21 bits per heavy atom. The van der Waals surface area contributed by atoms with E-state index in [4.69, 9.17) is 12.2 Å². The Bertz CT molecular complexity index is 827. The summed E-state index contributed by atoms with van der Waals surface area (Å²) in [6.07, 6.45) is 6.31. The lowest BCUT2D eigenvalue weighted by Gasteiger charge is -2.46. The molecule has 24 heavy (non-hydrogen) atoms. The van der Waals surface area contributed by atoms with Crippen LogP contribution in [0.1, 0.15) is 38.2 Å². The molecule has 1 N–H and O–H groups in total. The van der Waals surface area contributed by atoms with Gasteiger partial charge in [-0.2, -0.15) is 0 Å². The van der Waals surface area contributed by atoms with Gasteiger partial charge in [0, 0.05) is 28.4 Å². The number of aromatic nitrogens is 1. The van der Waals surface area contributed by atoms with Crippen LogP contribution in [0.4, 0.5) is 0 Å². The standard InChI is InChI=1S/C21H24N2S/c1-5-21(4)11-10-15(14(2)3)19(20(21)23-13-24)17-12-22-18-9-7-6-8-16(17)18/h5-9,12,15,19-20,22H,1-2,10-11H2,3-4H3/t15-,19?,20-,21+/m1/s1. The van der Waals surface area contributed by atoms with E-state index in [1.54, 1.807) is 0 Å². The quantitative estimate of drug-likeness (QED) is 0.420. The number of aromatic amines is 1. The minimum atomic E-state index is -0.0825. The second-order valence-electron chi connectivity index (χ2n) is 7.18. The highest BCUT2D eigenvalue weighted by Gasteiger charge is 2.46. The number of nitrogens with one attached hydrogen (secondary N) is 1. The van der Waals surface area contributed by atoms with E-state index in [1.807, 2.05) is 6.08 Å². The fourth-order valence-electron chi connectivity index (χ4n) is 4.24. The summed E-state index contributed by atoms with van der Waals surface area (Å²) in [6, 6.07) is 8.46. The van der Waals surface area contributed by atoms with Crippen LogP contribution in [0.25, 0.3) is 10.9 Å². The van der Waals surface area contributed by atoms with Crippen molar-refractivity contribution in [2.24, 2.45) is 16.3 Å². The highest BCUT2D eigenvalue weighted by atomic mass is 32.1. The van der Waals surface area contributed by atoms with Crippen LogP contribution in [0, 0.1) is 11.3 Å². The Hall–Kier alpha value is -1.96. The number of hydrogen-bond acceptors (Lipinski definition) is 2. The molecule has 1 unspecified atom stereocenters. The van der Waals surface area contributed by atoms with E-state index in [9.17, 15) is 0 Å². The third-order valence-corrected chi connectivity index (χ3v) is 5.82. The maximum atomic E-state index is 4.98. The number of allylic oxidation sites excluding steroid dienone is 1. The van der Waals surface area contributed by atoms with Gasteiger partial charge in [-0.05, 0) is 49.5 Å². The average molecular weight is 337 g/mol. The summed E-state index contributed by atoms with van der Waals surface area (Å²) < 4.78 is 0. The smallest absolute Gasteiger partial charge is 0.0765 e. The lowest BCUT2D eigenvalue weighted by molar-refractivity contribution is 0.174. The van der Waals surface area contributed by atoms with Crippen LogP contribution in [0.15, 0.2) is 60.3 Å². The Labute approximate surface area is 149 Å². The van der Waals surface area contributed by atoms with Gasteiger partial charge in [-0.15, -0.1) is 6.58 Å². The molecule has 0 spiro atoms. The highest BCUT2D eigenvalue weighted by Crippen LogP contribution is 2.52. The highest BCUT2D eigenvalue weighted by molar-refractivity contribution is 7.78. The lowest BCUT2D eigenvalue weighted by atomic mass is 9.59. The molecular formula is C21H24N2S. The van der Waals surface area contributed by atoms with Gasteiger partial charge in [-0.1, -0.05) is 43.4 Å². The largest absolute Gasteiger partial charge is 0.361 e. The van der Waals surface area contributed by atoms with Crippen LogP contribution >= 0.6 is 12.2 Å². The molecule has 1 saturated carbocycles. The molecule has 1 aliphatic carbocycles. The molecule has 1 heterocycles. The van der Waals surface area contributed by atoms with E-state index in [-0.39, 0.29) is 17.4 Å². The SMILES string of the molecule is C=C[C@@]1(C)CC[C@H](C(=C)C)C(c2c[nH]c3ccccc23)[C@H]1N=C=S. The maximum absolute atomic E-state index is 4.98. The summed E-state index contributed by atoms with van der Waals surface area (Å²) in [5, 5.41) is 3.90. The van der Waals surface area contributed by atoms with Crippen LogP contribution in [-0.2, 0) is 0 Å². The van der Waals surface area contributed by atoms with Crippen molar-refractivity contribution in [3.05, 3.63) is 60.8 Å². The second kappa shape index (κ2) is 6.51. The normalized spacial score (nSPS) is 29.8. The molecule has 2 nitrogen and oxygen atoms in total. The molecule has 3 heteroatoms. The van der Waals surface area contributed by atoms with Gasteiger partial charge in [0.25, 0.3) is 0 Å². The molecule has 0 radical (unpaired) electrons. The Morgan fingerprint density at radius 3 is 2.88 bits per heavy atom. The number of isothiocyanates is 1. The Morgan fingerprint density at radius 1 is 1.46 bits per heavy atom. The molecule has 1 aliphatic rings. The first-order chi connectivity index (χ1) is 11.5. The summed E-state index contributed by atoms with van der Waals surface area (Å²) >= 11 is 4.98. The molecule has 3 rings (SSSR count). The van der Waals surface area contributed by atoms with Crippen molar-refractivity contribution in [3.8, 4) is 0 Å². The number of aliphatic imine (C=N–C) groups is 1. The molecule has 1 aromatic carbocycles. The van der Waals surface area contributed by atoms with Gasteiger partial charge in [-0.25, -0.2) is 4.99 Å². The number of benzene rings is 1. The van der Waals surface area contributed by atoms with Crippen LogP contribution in [0.3, 0.4) is 0 Å². The van der Waals surface area contributed by atoms with Crippen molar-refractivity contribution in [2.45, 2.75) is 38.6 Å². The number of para-hydroxylation sites is 1. The van der Waals surface area contributed by atoms with Crippen molar-refractivity contribution >= 4 is 28.3 Å². The zero-order valence-corrected chi connectivity index (χ0v) is 15.2. The number of rotatable bonds is 4. The summed E-state index contributed by atoms with van der Waals surface area (Å²) in [6.45, 7) is 12.7. The Kier molecular flexibility index (Phi) is 4.58. The molecule has 0 saturated heterocycles. The topological polar surface area (TPSA) is 28.1 Å². The second-order valence-corrected chi connectivity index (χ2v) is 7.36. The van der Waals surface area contributed by atoms with Crippen LogP contribution in [-0.4, -0.2) is 16.2 Å². The van der Waals surface area contributed by atoms with Crippen molar-refractivity contribution in [1.82, 2.24) is 4.98 Å². The number of H-pyrrole nitrogens is 1. The molecule has 0 amide bonds. The maximum Gasteiger partial charge on any atom is 0.0765 e. The predicted octanol–water partition coefficient (Wildman–Crippen LogP) is 5.90. The average Bonchev–Trinajstić information content (AvgIpc) is 3.00. The van der Waals surface area contributed by atoms with Gasteiger partial charge in [0.1, 0.15) is 0 Å². The fourth-order valence-corrected chi connectivity index (χ4v) is 4.35. The summed E-state index contributed by atoms with van der Waals surface area (Å²) in [5.41, 5.74) is 3.58. The van der Waals surface area contributed by atoms with Crippen LogP contribution in [0.2, 0.25) is 0 Å². The summed E-state index contributed by atoms with van der Waals surface area (Å²) in [5.74, 6) is 0.611. The van der Waals surface area contributed by atoms with Crippen LogP contribution in [0.5, 0.6) is 0 Å². The number of thiocarbonyl (C=S) groups is 1. The van der Waals surface area contributed by atoms with E-state index in [0.29, 0.717) is 5.92 Å². The number of nitrogens with zero attached hydrogens (tertiary/aromatic N) is 1. The number of fused-ring (bicyclic) bond motifs is 1. The first-order valence-electron chi connectivity index (χ1n) is 8.44. The van der Waals surface area contributed by atoms with Crippen molar-refractivity contribution in [2.75, 3.05) is 0 Å². The molecule has 1 aromatic heterocycles. The lowest BCUT2D eigenvalue weighted by Crippen LogP contribution is -2.42. The van der Waals surface area contributed by atoms with Gasteiger partial charge in [0.2, 0.25) is 0 Å². The van der Waals surface area contributed by atoms with Crippen molar-refractivity contribution in [1.29, 1.82) is 0 Å². The third-order valence-electron chi connectivity index (χ3n) is 5.71. The molecule has 124 valence electrons. The van der Waals surface area contributed by atoms with Crippen molar-refractivity contribution in [3.63, 3.8) is 0 Å². The van der Waals surface area contributed by atoms with Gasteiger partial charge in [0.05, 0.1) is 11.2 Å². The van der Waals surface area contributed by atoms with E-state index in [1.165, 1.54) is 16.5 Å². The monoisotopic (exact) mass is 336 g/mol. The fraction of sp³-hybridized carbons (Fsp3) is 0.381. The first-order valence-corrected chi connectivity index (χ1v) is 8.84. The molecule has 1 fully saturated rings. The van der Waals surface area contributed by atoms with E-state index >= 15 is 0 Å². The predicted molar refractivity (Wildman–Crippen MR) is 106 cm³/mol. The minimum Gasteiger partial charge on any atom is -0.361 e. The van der Waals surface area contributed by atoms with Gasteiger partial charge < -0.3 is 4.98 Å². The van der Waals surface area contributed by atoms with Crippen molar-refractivity contribution < 1.29 is 0 Å². The molecule has 2 aromatic rings. The molecular weight excluding hydrogens is 312 g/mol. The van der Waals surface area contributed by atoms with Gasteiger partial charge in [0.15, 0.2) is 0 Å². The minimum absolute atomic E-state index is 0.0298. The van der Waals surface area contributed by atoms with Gasteiger partial charge in [-0.3, -0.25) is 0 Å². The number of hydrogen-bond donors (Lipinski definition) is 1. The van der Waals surface area contributed by atoms with Crippen LogP contribution < -0.4 is 0 Å². The zero-order valence-electron chi connectivity index (χ0n) is 14.4. The molecule has 0 bridgehead atoms. The molecule has 0 aliphatic heterocycles. The first kappa shape index (κ1) is 16.9. The zero-order chi connectivity index (χ0) is 17.3. The van der Waals surface area contributed by atoms with E-state index in [0.717, 1.165) is 18.4 Å². The third kappa shape index (κ3) is 2.68. The Balaban J connectivity index is 2.21. The van der Waals surface area contributed by atoms with E-state index < -0.39 is 0 Å². The summed E-state index contributed by atoms with van der Waals surface area (Å²) in [7, 11) is 0. The van der Waals surface area contributed by atoms with Gasteiger partial charge >= 0.3 is 0 Å². The summed E-state index contributed by atoms with van der Waals surface area (Å²) in [4.78, 5) is 8.03. The van der Waals surface area contributed by atoms with E-state index in [2.05, 4.69) is 72.6 Å².